The van der Waals surface area contributed by atoms with Crippen LogP contribution in [0.25, 0.3) is 0 Å². The van der Waals surface area contributed by atoms with Gasteiger partial charge in [0.1, 0.15) is 19.3 Å². The van der Waals surface area contributed by atoms with E-state index in [-0.39, 0.29) is 25.7 Å². The number of ether oxygens (including phenoxy) is 4. The fraction of sp³-hybridized carbons (Fsp3) is 0.947. The number of esters is 4. The maximum absolute atomic E-state index is 13.1. The molecule has 0 fully saturated rings. The van der Waals surface area contributed by atoms with Crippen molar-refractivity contribution >= 4 is 39.5 Å². The number of carbonyl (C=O) groups is 4. The molecule has 0 heterocycles. The standard InChI is InChI=1S/C76H148O17P2/c1-7-9-11-13-14-15-16-17-18-19-20-21-22-23-24-27-31-37-42-48-54-60-76(81)93-72(65-87-74(79)59-53-47-41-36-30-28-25-26-29-34-39-45-50-56-68(3)4)67-91-95(84,85)89-63-70(77)62-88-94(82,83)90-66-71(64-86-73(78)58-52-44-12-10-8-2)92-75(80)61-55-49-43-38-33-32-35-40-46-51-57-69(5)6/h68-72,77H,7-67H2,1-6H3,(H,82,83)(H,84,85)/t70-,71+,72+/m0/s1. The van der Waals surface area contributed by atoms with Crippen molar-refractivity contribution in [3.63, 3.8) is 0 Å². The van der Waals surface area contributed by atoms with Gasteiger partial charge >= 0.3 is 39.5 Å². The summed E-state index contributed by atoms with van der Waals surface area (Å²) >= 11 is 0. The minimum atomic E-state index is -4.96. The van der Waals surface area contributed by atoms with Crippen molar-refractivity contribution in [2.45, 2.75) is 413 Å². The van der Waals surface area contributed by atoms with E-state index in [1.807, 2.05) is 0 Å². The summed E-state index contributed by atoms with van der Waals surface area (Å²) in [5.41, 5.74) is 0. The van der Waals surface area contributed by atoms with Crippen LogP contribution < -0.4 is 0 Å². The van der Waals surface area contributed by atoms with Gasteiger partial charge in [0, 0.05) is 25.7 Å². The van der Waals surface area contributed by atoms with E-state index in [2.05, 4.69) is 41.5 Å². The highest BCUT2D eigenvalue weighted by atomic mass is 31.2. The third kappa shape index (κ3) is 70.3. The molecule has 0 aliphatic carbocycles. The molecule has 0 aliphatic rings. The quantitative estimate of drug-likeness (QED) is 0.0222. The van der Waals surface area contributed by atoms with Crippen molar-refractivity contribution in [3.8, 4) is 0 Å². The molecule has 0 amide bonds. The molecule has 564 valence electrons. The van der Waals surface area contributed by atoms with Crippen LogP contribution in [0.1, 0.15) is 395 Å². The lowest BCUT2D eigenvalue weighted by molar-refractivity contribution is -0.161. The summed E-state index contributed by atoms with van der Waals surface area (Å²) in [5.74, 6) is -0.585. The third-order valence-corrected chi connectivity index (χ3v) is 19.6. The second kappa shape index (κ2) is 67.9. The predicted octanol–water partition coefficient (Wildman–Crippen LogP) is 22.3. The molecule has 5 atom stereocenters. The molecule has 95 heavy (non-hydrogen) atoms. The Bertz CT molecular complexity index is 1840. The third-order valence-electron chi connectivity index (χ3n) is 17.7. The lowest BCUT2D eigenvalue weighted by Crippen LogP contribution is -2.30. The summed E-state index contributed by atoms with van der Waals surface area (Å²) in [4.78, 5) is 72.5. The fourth-order valence-electron chi connectivity index (χ4n) is 11.7. The van der Waals surface area contributed by atoms with Crippen molar-refractivity contribution in [1.29, 1.82) is 0 Å². The van der Waals surface area contributed by atoms with Gasteiger partial charge < -0.3 is 33.8 Å². The van der Waals surface area contributed by atoms with Crippen LogP contribution in [0.2, 0.25) is 0 Å². The highest BCUT2D eigenvalue weighted by Crippen LogP contribution is 2.45. The number of phosphoric ester groups is 2. The lowest BCUT2D eigenvalue weighted by atomic mass is 10.0. The van der Waals surface area contributed by atoms with Crippen molar-refractivity contribution in [3.05, 3.63) is 0 Å². The number of unbranched alkanes of at least 4 members (excludes halogenated alkanes) is 45. The van der Waals surface area contributed by atoms with Crippen molar-refractivity contribution in [2.75, 3.05) is 39.6 Å². The van der Waals surface area contributed by atoms with Crippen LogP contribution in [0.4, 0.5) is 0 Å². The molecule has 0 aromatic heterocycles. The van der Waals surface area contributed by atoms with Crippen LogP contribution >= 0.6 is 15.6 Å². The van der Waals surface area contributed by atoms with Gasteiger partial charge in [0.25, 0.3) is 0 Å². The number of phosphoric acid groups is 2. The first-order valence-corrected chi connectivity index (χ1v) is 42.5. The highest BCUT2D eigenvalue weighted by Gasteiger charge is 2.30. The van der Waals surface area contributed by atoms with E-state index in [1.54, 1.807) is 0 Å². The van der Waals surface area contributed by atoms with Gasteiger partial charge in [-0.3, -0.25) is 37.3 Å². The Morgan fingerprint density at radius 1 is 0.284 bits per heavy atom. The van der Waals surface area contributed by atoms with Gasteiger partial charge in [-0.15, -0.1) is 0 Å². The van der Waals surface area contributed by atoms with Gasteiger partial charge in [-0.2, -0.15) is 0 Å². The molecule has 0 spiro atoms. The minimum absolute atomic E-state index is 0.105. The van der Waals surface area contributed by atoms with Gasteiger partial charge in [-0.25, -0.2) is 9.13 Å². The summed E-state index contributed by atoms with van der Waals surface area (Å²) in [7, 11) is -9.90. The molecule has 0 saturated carbocycles. The smallest absolute Gasteiger partial charge is 0.462 e. The Balaban J connectivity index is 5.13. The lowest BCUT2D eigenvalue weighted by Gasteiger charge is -2.21. The average molecular weight is 1400 g/mol. The Morgan fingerprint density at radius 2 is 0.484 bits per heavy atom. The summed E-state index contributed by atoms with van der Waals surface area (Å²) < 4.78 is 68.3. The Labute approximate surface area is 581 Å². The van der Waals surface area contributed by atoms with Crippen molar-refractivity contribution in [1.82, 2.24) is 0 Å². The molecule has 0 rings (SSSR count). The summed E-state index contributed by atoms with van der Waals surface area (Å²) in [5, 5.41) is 10.6. The second-order valence-electron chi connectivity index (χ2n) is 28.3. The van der Waals surface area contributed by atoms with Crippen LogP contribution in [-0.4, -0.2) is 96.7 Å². The van der Waals surface area contributed by atoms with E-state index in [0.29, 0.717) is 25.7 Å². The van der Waals surface area contributed by atoms with Crippen LogP contribution in [0, 0.1) is 11.8 Å². The zero-order chi connectivity index (χ0) is 70.0. The predicted molar refractivity (Wildman–Crippen MR) is 386 cm³/mol. The fourth-order valence-corrected chi connectivity index (χ4v) is 13.2. The van der Waals surface area contributed by atoms with Crippen molar-refractivity contribution < 1.29 is 80.2 Å². The zero-order valence-corrected chi connectivity index (χ0v) is 63.8. The Kier molecular flexibility index (Phi) is 66.5. The maximum atomic E-state index is 13.1. The number of carbonyl (C=O) groups excluding carboxylic acids is 4. The molecule has 0 radical (unpaired) electrons. The number of aliphatic hydroxyl groups excluding tert-OH is 1. The summed E-state index contributed by atoms with van der Waals surface area (Å²) in [6.45, 7) is 9.51. The van der Waals surface area contributed by atoms with Crippen LogP contribution in [0.5, 0.6) is 0 Å². The van der Waals surface area contributed by atoms with Crippen molar-refractivity contribution in [2.24, 2.45) is 11.8 Å². The van der Waals surface area contributed by atoms with Crippen LogP contribution in [-0.2, 0) is 65.4 Å². The molecule has 19 heteroatoms. The van der Waals surface area contributed by atoms with Gasteiger partial charge in [0.05, 0.1) is 26.4 Å². The topological polar surface area (TPSA) is 237 Å². The van der Waals surface area contributed by atoms with Gasteiger partial charge in [0.2, 0.25) is 0 Å². The normalized spacial score (nSPS) is 14.0. The van der Waals surface area contributed by atoms with Crippen LogP contribution in [0.3, 0.4) is 0 Å². The zero-order valence-electron chi connectivity index (χ0n) is 62.0. The van der Waals surface area contributed by atoms with E-state index >= 15 is 0 Å². The molecule has 3 N–H and O–H groups in total. The molecule has 0 aromatic rings. The van der Waals surface area contributed by atoms with E-state index in [1.165, 1.54) is 205 Å². The molecule has 0 aromatic carbocycles. The van der Waals surface area contributed by atoms with Crippen LogP contribution in [0.15, 0.2) is 0 Å². The molecule has 17 nitrogen and oxygen atoms in total. The second-order valence-corrected chi connectivity index (χ2v) is 31.3. The number of hydrogen-bond acceptors (Lipinski definition) is 15. The van der Waals surface area contributed by atoms with E-state index in [4.69, 9.17) is 37.0 Å². The Morgan fingerprint density at radius 3 is 0.716 bits per heavy atom. The molecule has 0 aliphatic heterocycles. The average Bonchev–Trinajstić information content (AvgIpc) is 1.58. The number of aliphatic hydroxyl groups is 1. The van der Waals surface area contributed by atoms with Gasteiger partial charge in [0.15, 0.2) is 12.2 Å². The van der Waals surface area contributed by atoms with E-state index < -0.39 is 97.5 Å². The highest BCUT2D eigenvalue weighted by molar-refractivity contribution is 7.47. The maximum Gasteiger partial charge on any atom is 0.472 e. The number of hydrogen-bond donors (Lipinski definition) is 3. The summed E-state index contributed by atoms with van der Waals surface area (Å²) in [6, 6.07) is 0. The minimum Gasteiger partial charge on any atom is -0.462 e. The molecular weight excluding hydrogens is 1250 g/mol. The molecule has 0 saturated heterocycles. The number of rotatable bonds is 75. The largest absolute Gasteiger partial charge is 0.472 e. The Hall–Kier alpha value is -1.94. The summed E-state index contributed by atoms with van der Waals surface area (Å²) in [6.07, 6.45) is 56.0. The molecule has 0 bridgehead atoms. The first-order chi connectivity index (χ1) is 45.9. The van der Waals surface area contributed by atoms with E-state index in [0.717, 1.165) is 108 Å². The first kappa shape index (κ1) is 93.1. The molecular formula is C76H148O17P2. The van der Waals surface area contributed by atoms with E-state index in [9.17, 15) is 43.2 Å². The molecule has 2 unspecified atom stereocenters. The van der Waals surface area contributed by atoms with Gasteiger partial charge in [-0.1, -0.05) is 343 Å². The van der Waals surface area contributed by atoms with Gasteiger partial charge in [-0.05, 0) is 37.5 Å². The SMILES string of the molecule is CCCCCCCCCCCCCCCCCCCCCCCC(=O)O[C@H](COC(=O)CCCCCCCCCCCCCCCC(C)C)COP(=O)(O)OC[C@@H](O)COP(=O)(O)OC[C@@H](COC(=O)CCCCCCC)OC(=O)CCCCCCCCCCCCC(C)C. The monoisotopic (exact) mass is 1400 g/mol. The first-order valence-electron chi connectivity index (χ1n) is 39.5.